The van der Waals surface area contributed by atoms with Crippen LogP contribution in [0.25, 0.3) is 11.2 Å². The monoisotopic (exact) mass is 272 g/mol. The molecule has 4 heteroatoms. The molecule has 2 aromatic rings. The highest BCUT2D eigenvalue weighted by Gasteiger charge is 2.32. The second-order valence-electron chi connectivity index (χ2n) is 5.89. The van der Waals surface area contributed by atoms with Crippen molar-refractivity contribution in [1.29, 1.82) is 0 Å². The van der Waals surface area contributed by atoms with E-state index in [2.05, 4.69) is 34.9 Å². The minimum Gasteiger partial charge on any atom is -0.314 e. The number of hydrogen-bond donors (Lipinski definition) is 1. The van der Waals surface area contributed by atoms with Gasteiger partial charge in [0.1, 0.15) is 11.3 Å². The predicted octanol–water partition coefficient (Wildman–Crippen LogP) is 2.92. The molecule has 20 heavy (non-hydrogen) atoms. The SMILES string of the molecule is CCn1c(CC2(NC)CCCCC2)nc2cccnc21. The summed E-state index contributed by atoms with van der Waals surface area (Å²) >= 11 is 0. The van der Waals surface area contributed by atoms with E-state index in [-0.39, 0.29) is 5.54 Å². The van der Waals surface area contributed by atoms with E-state index in [1.165, 1.54) is 37.9 Å². The third-order valence-electron chi connectivity index (χ3n) is 4.74. The summed E-state index contributed by atoms with van der Waals surface area (Å²) in [5, 5.41) is 3.59. The maximum Gasteiger partial charge on any atom is 0.159 e. The highest BCUT2D eigenvalue weighted by molar-refractivity contribution is 5.71. The van der Waals surface area contributed by atoms with Gasteiger partial charge in [-0.15, -0.1) is 0 Å². The van der Waals surface area contributed by atoms with Gasteiger partial charge >= 0.3 is 0 Å². The molecule has 1 saturated carbocycles. The summed E-state index contributed by atoms with van der Waals surface area (Å²) < 4.78 is 2.27. The molecule has 1 aliphatic rings. The molecule has 1 fully saturated rings. The van der Waals surface area contributed by atoms with E-state index in [4.69, 9.17) is 4.98 Å². The molecular formula is C16H24N4. The fourth-order valence-corrected chi connectivity index (χ4v) is 3.52. The van der Waals surface area contributed by atoms with Crippen LogP contribution in [0, 0.1) is 0 Å². The van der Waals surface area contributed by atoms with E-state index in [9.17, 15) is 0 Å². The van der Waals surface area contributed by atoms with Crippen molar-refractivity contribution in [3.05, 3.63) is 24.2 Å². The fourth-order valence-electron chi connectivity index (χ4n) is 3.52. The van der Waals surface area contributed by atoms with Gasteiger partial charge in [-0.25, -0.2) is 9.97 Å². The first-order valence-corrected chi connectivity index (χ1v) is 7.77. The Kier molecular flexibility index (Phi) is 3.74. The largest absolute Gasteiger partial charge is 0.314 e. The molecule has 0 aliphatic heterocycles. The number of nitrogens with zero attached hydrogens (tertiary/aromatic N) is 3. The molecule has 2 heterocycles. The zero-order chi connectivity index (χ0) is 14.0. The van der Waals surface area contributed by atoms with E-state index in [1.54, 1.807) is 0 Å². The standard InChI is InChI=1S/C16H24N4/c1-3-20-14(19-13-8-7-11-18-15(13)20)12-16(17-2)9-5-4-6-10-16/h7-8,11,17H,3-6,9-10,12H2,1-2H3. The Morgan fingerprint density at radius 1 is 1.30 bits per heavy atom. The van der Waals surface area contributed by atoms with Crippen LogP contribution in [0.3, 0.4) is 0 Å². The Morgan fingerprint density at radius 2 is 2.10 bits per heavy atom. The molecule has 4 nitrogen and oxygen atoms in total. The number of rotatable bonds is 4. The van der Waals surface area contributed by atoms with Gasteiger partial charge in [0.05, 0.1) is 0 Å². The lowest BCUT2D eigenvalue weighted by atomic mass is 9.79. The highest BCUT2D eigenvalue weighted by atomic mass is 15.1. The maximum absolute atomic E-state index is 4.83. The lowest BCUT2D eigenvalue weighted by Crippen LogP contribution is -2.47. The summed E-state index contributed by atoms with van der Waals surface area (Å²) in [6, 6.07) is 4.03. The molecular weight excluding hydrogens is 248 g/mol. The van der Waals surface area contributed by atoms with Crippen LogP contribution in [0.15, 0.2) is 18.3 Å². The van der Waals surface area contributed by atoms with Crippen molar-refractivity contribution in [2.24, 2.45) is 0 Å². The number of pyridine rings is 1. The number of aromatic nitrogens is 3. The molecule has 0 spiro atoms. The molecule has 0 unspecified atom stereocenters. The van der Waals surface area contributed by atoms with Gasteiger partial charge in [0.25, 0.3) is 0 Å². The fraction of sp³-hybridized carbons (Fsp3) is 0.625. The first kappa shape index (κ1) is 13.6. The van der Waals surface area contributed by atoms with Gasteiger partial charge in [0, 0.05) is 24.7 Å². The van der Waals surface area contributed by atoms with E-state index in [0.29, 0.717) is 0 Å². The van der Waals surface area contributed by atoms with Crippen LogP contribution in [0.5, 0.6) is 0 Å². The van der Waals surface area contributed by atoms with Gasteiger partial charge in [0.15, 0.2) is 5.65 Å². The van der Waals surface area contributed by atoms with Crippen LogP contribution >= 0.6 is 0 Å². The third kappa shape index (κ3) is 2.33. The predicted molar refractivity (Wildman–Crippen MR) is 81.8 cm³/mol. The van der Waals surface area contributed by atoms with E-state index in [0.717, 1.165) is 24.1 Å². The second kappa shape index (κ2) is 5.52. The summed E-state index contributed by atoms with van der Waals surface area (Å²) in [4.78, 5) is 9.33. The van der Waals surface area contributed by atoms with Crippen molar-refractivity contribution in [2.75, 3.05) is 7.05 Å². The van der Waals surface area contributed by atoms with Crippen molar-refractivity contribution in [3.63, 3.8) is 0 Å². The zero-order valence-corrected chi connectivity index (χ0v) is 12.5. The number of fused-ring (bicyclic) bond motifs is 1. The molecule has 0 saturated heterocycles. The summed E-state index contributed by atoms with van der Waals surface area (Å²) in [5.41, 5.74) is 2.27. The third-order valence-corrected chi connectivity index (χ3v) is 4.74. The van der Waals surface area contributed by atoms with Crippen LogP contribution < -0.4 is 5.32 Å². The average molecular weight is 272 g/mol. The molecule has 0 aromatic carbocycles. The van der Waals surface area contributed by atoms with Gasteiger partial charge in [-0.3, -0.25) is 0 Å². The van der Waals surface area contributed by atoms with Crippen molar-refractivity contribution < 1.29 is 0 Å². The molecule has 1 N–H and O–H groups in total. The molecule has 0 bridgehead atoms. The molecule has 3 rings (SSSR count). The molecule has 1 aliphatic carbocycles. The minimum absolute atomic E-state index is 0.229. The number of imidazole rings is 1. The molecule has 2 aromatic heterocycles. The van der Waals surface area contributed by atoms with Crippen LogP contribution in [-0.2, 0) is 13.0 Å². The Labute approximate surface area is 120 Å². The number of hydrogen-bond acceptors (Lipinski definition) is 3. The van der Waals surface area contributed by atoms with Crippen molar-refractivity contribution in [3.8, 4) is 0 Å². The van der Waals surface area contributed by atoms with Gasteiger partial charge in [-0.05, 0) is 38.9 Å². The lowest BCUT2D eigenvalue weighted by Gasteiger charge is -2.37. The number of nitrogens with one attached hydrogen (secondary N) is 1. The van der Waals surface area contributed by atoms with Crippen molar-refractivity contribution >= 4 is 11.2 Å². The number of likely N-dealkylation sites (N-methyl/N-ethyl adjacent to an activating group) is 1. The van der Waals surface area contributed by atoms with Crippen molar-refractivity contribution in [1.82, 2.24) is 19.9 Å². The normalized spacial score (nSPS) is 18.5. The van der Waals surface area contributed by atoms with Gasteiger partial charge in [-0.1, -0.05) is 19.3 Å². The van der Waals surface area contributed by atoms with Crippen LogP contribution in [0.1, 0.15) is 44.9 Å². The Bertz CT molecular complexity index is 581. The first-order valence-electron chi connectivity index (χ1n) is 7.77. The average Bonchev–Trinajstić information content (AvgIpc) is 2.85. The zero-order valence-electron chi connectivity index (χ0n) is 12.5. The number of aryl methyl sites for hydroxylation is 1. The first-order chi connectivity index (χ1) is 9.78. The summed E-state index contributed by atoms with van der Waals surface area (Å²) in [6.45, 7) is 3.11. The Morgan fingerprint density at radius 3 is 2.80 bits per heavy atom. The topological polar surface area (TPSA) is 42.7 Å². The molecule has 0 amide bonds. The Balaban J connectivity index is 1.97. The second-order valence-corrected chi connectivity index (χ2v) is 5.89. The van der Waals surface area contributed by atoms with Gasteiger partial charge in [0.2, 0.25) is 0 Å². The van der Waals surface area contributed by atoms with Crippen LogP contribution in [0.2, 0.25) is 0 Å². The van der Waals surface area contributed by atoms with Crippen molar-refractivity contribution in [2.45, 2.75) is 57.5 Å². The van der Waals surface area contributed by atoms with E-state index >= 15 is 0 Å². The minimum atomic E-state index is 0.229. The van der Waals surface area contributed by atoms with E-state index in [1.807, 2.05) is 12.3 Å². The van der Waals surface area contributed by atoms with Gasteiger partial charge in [-0.2, -0.15) is 0 Å². The molecule has 0 atom stereocenters. The highest BCUT2D eigenvalue weighted by Crippen LogP contribution is 2.31. The van der Waals surface area contributed by atoms with Gasteiger partial charge < -0.3 is 9.88 Å². The smallest absolute Gasteiger partial charge is 0.159 e. The van der Waals surface area contributed by atoms with Crippen LogP contribution in [0.4, 0.5) is 0 Å². The summed E-state index contributed by atoms with van der Waals surface area (Å²) in [5.74, 6) is 1.18. The Hall–Kier alpha value is -1.42. The molecule has 108 valence electrons. The van der Waals surface area contributed by atoms with E-state index < -0.39 is 0 Å². The quantitative estimate of drug-likeness (QED) is 0.930. The summed E-state index contributed by atoms with van der Waals surface area (Å²) in [6.07, 6.45) is 9.39. The lowest BCUT2D eigenvalue weighted by molar-refractivity contribution is 0.239. The summed E-state index contributed by atoms with van der Waals surface area (Å²) in [7, 11) is 2.10. The maximum atomic E-state index is 4.83. The van der Waals surface area contributed by atoms with Crippen LogP contribution in [-0.4, -0.2) is 27.1 Å². The molecule has 0 radical (unpaired) electrons.